The lowest BCUT2D eigenvalue weighted by atomic mass is 10.2. The van der Waals surface area contributed by atoms with Gasteiger partial charge in [-0.3, -0.25) is 0 Å². The van der Waals surface area contributed by atoms with Gasteiger partial charge in [0.05, 0.1) is 6.61 Å². The summed E-state index contributed by atoms with van der Waals surface area (Å²) in [7, 11) is -3.59. The molecule has 22 heavy (non-hydrogen) atoms. The Hall–Kier alpha value is -1.95. The van der Waals surface area contributed by atoms with Crippen LogP contribution < -0.4 is 0 Å². The van der Waals surface area contributed by atoms with Crippen LogP contribution in [0, 0.1) is 0 Å². The normalized spacial score (nSPS) is 12.1. The number of hydrogen-bond acceptors (Lipinski definition) is 3. The summed E-state index contributed by atoms with van der Waals surface area (Å²) in [6.45, 7) is 0.0878. The van der Waals surface area contributed by atoms with E-state index in [1.807, 2.05) is 60.7 Å². The third-order valence-corrected chi connectivity index (χ3v) is 4.65. The molecule has 0 aliphatic rings. The van der Waals surface area contributed by atoms with E-state index in [2.05, 4.69) is 0 Å². The number of hydrogen-bond donors (Lipinski definition) is 1. The van der Waals surface area contributed by atoms with E-state index in [9.17, 15) is 8.42 Å². The first-order valence-corrected chi connectivity index (χ1v) is 8.50. The second-order valence-corrected chi connectivity index (χ2v) is 6.62. The van der Waals surface area contributed by atoms with Crippen LogP contribution in [0.15, 0.2) is 66.1 Å². The molecule has 2 aromatic carbocycles. The first kappa shape index (κ1) is 16.4. The Bertz CT molecular complexity index is 697. The third-order valence-electron chi connectivity index (χ3n) is 3.14. The molecule has 116 valence electrons. The van der Waals surface area contributed by atoms with Crippen molar-refractivity contribution in [3.63, 3.8) is 0 Å². The van der Waals surface area contributed by atoms with Gasteiger partial charge in [-0.2, -0.15) is 4.31 Å². The molecule has 0 aliphatic heterocycles. The molecule has 5 heteroatoms. The molecule has 0 spiro atoms. The molecular formula is C17H19NO3S. The summed E-state index contributed by atoms with van der Waals surface area (Å²) in [4.78, 5) is 0. The Balaban J connectivity index is 2.17. The fourth-order valence-corrected chi connectivity index (χ4v) is 3.18. The molecule has 2 aromatic rings. The zero-order valence-electron chi connectivity index (χ0n) is 12.2. The topological polar surface area (TPSA) is 57.6 Å². The number of rotatable bonds is 7. The number of benzene rings is 2. The van der Waals surface area contributed by atoms with Crippen molar-refractivity contribution in [3.8, 4) is 0 Å². The van der Waals surface area contributed by atoms with Gasteiger partial charge in [0.1, 0.15) is 0 Å². The summed E-state index contributed by atoms with van der Waals surface area (Å²) in [6.07, 6.45) is 1.56. The molecular weight excluding hydrogens is 298 g/mol. The Kier molecular flexibility index (Phi) is 5.89. The SMILES string of the molecule is O=S(=O)(/C=C/c1ccccc1)N(CCO)Cc1ccccc1. The summed E-state index contributed by atoms with van der Waals surface area (Å²) in [5.74, 6) is 0. The van der Waals surface area contributed by atoms with E-state index in [1.165, 1.54) is 9.71 Å². The molecule has 1 N–H and O–H groups in total. The zero-order valence-corrected chi connectivity index (χ0v) is 13.0. The van der Waals surface area contributed by atoms with Crippen molar-refractivity contribution in [2.75, 3.05) is 13.2 Å². The molecule has 2 rings (SSSR count). The summed E-state index contributed by atoms with van der Waals surface area (Å²) in [5, 5.41) is 10.3. The summed E-state index contributed by atoms with van der Waals surface area (Å²) in [5.41, 5.74) is 1.70. The molecule has 0 aliphatic carbocycles. The van der Waals surface area contributed by atoms with Crippen molar-refractivity contribution in [1.82, 2.24) is 4.31 Å². The second kappa shape index (κ2) is 7.89. The number of aliphatic hydroxyl groups excluding tert-OH is 1. The van der Waals surface area contributed by atoms with Gasteiger partial charge in [-0.25, -0.2) is 8.42 Å². The quantitative estimate of drug-likeness (QED) is 0.853. The van der Waals surface area contributed by atoms with E-state index >= 15 is 0 Å². The highest BCUT2D eigenvalue weighted by Gasteiger charge is 2.18. The van der Waals surface area contributed by atoms with Crippen molar-refractivity contribution in [2.24, 2.45) is 0 Å². The van der Waals surface area contributed by atoms with E-state index in [4.69, 9.17) is 5.11 Å². The van der Waals surface area contributed by atoms with E-state index in [1.54, 1.807) is 6.08 Å². The lowest BCUT2D eigenvalue weighted by Gasteiger charge is -2.19. The van der Waals surface area contributed by atoms with Crippen LogP contribution in [-0.4, -0.2) is 31.0 Å². The first-order valence-electron chi connectivity index (χ1n) is 7.00. The van der Waals surface area contributed by atoms with Crippen LogP contribution in [-0.2, 0) is 16.6 Å². The van der Waals surface area contributed by atoms with Gasteiger partial charge in [-0.05, 0) is 17.2 Å². The Labute approximate surface area is 131 Å². The van der Waals surface area contributed by atoms with Crippen molar-refractivity contribution in [3.05, 3.63) is 77.2 Å². The third kappa shape index (κ3) is 4.80. The smallest absolute Gasteiger partial charge is 0.236 e. The van der Waals surface area contributed by atoms with Crippen LogP contribution in [0.2, 0.25) is 0 Å². The number of sulfonamides is 1. The van der Waals surface area contributed by atoms with Gasteiger partial charge < -0.3 is 5.11 Å². The largest absolute Gasteiger partial charge is 0.395 e. The van der Waals surface area contributed by atoms with Crippen LogP contribution in [0.4, 0.5) is 0 Å². The maximum absolute atomic E-state index is 12.4. The minimum Gasteiger partial charge on any atom is -0.395 e. The Morgan fingerprint density at radius 1 is 0.955 bits per heavy atom. The molecule has 0 radical (unpaired) electrons. The van der Waals surface area contributed by atoms with Crippen LogP contribution in [0.1, 0.15) is 11.1 Å². The van der Waals surface area contributed by atoms with Crippen molar-refractivity contribution in [1.29, 1.82) is 0 Å². The van der Waals surface area contributed by atoms with Crippen molar-refractivity contribution < 1.29 is 13.5 Å². The molecule has 0 amide bonds. The molecule has 0 bridgehead atoms. The number of nitrogens with zero attached hydrogens (tertiary/aromatic N) is 1. The lowest BCUT2D eigenvalue weighted by molar-refractivity contribution is 0.252. The average Bonchev–Trinajstić information content (AvgIpc) is 2.55. The van der Waals surface area contributed by atoms with Crippen molar-refractivity contribution in [2.45, 2.75) is 6.54 Å². The Morgan fingerprint density at radius 2 is 1.55 bits per heavy atom. The minimum absolute atomic E-state index is 0.0658. The van der Waals surface area contributed by atoms with Crippen LogP contribution in [0.3, 0.4) is 0 Å². The highest BCUT2D eigenvalue weighted by molar-refractivity contribution is 7.92. The highest BCUT2D eigenvalue weighted by atomic mass is 32.2. The zero-order chi connectivity index (χ0) is 15.8. The highest BCUT2D eigenvalue weighted by Crippen LogP contribution is 2.12. The fraction of sp³-hybridized carbons (Fsp3) is 0.176. The summed E-state index contributed by atoms with van der Waals surface area (Å²) >= 11 is 0. The maximum atomic E-state index is 12.4. The first-order chi connectivity index (χ1) is 10.6. The van der Waals surface area contributed by atoms with Gasteiger partial charge in [0.25, 0.3) is 0 Å². The van der Waals surface area contributed by atoms with Gasteiger partial charge in [0.15, 0.2) is 0 Å². The monoisotopic (exact) mass is 317 g/mol. The Morgan fingerprint density at radius 3 is 2.14 bits per heavy atom. The minimum atomic E-state index is -3.59. The maximum Gasteiger partial charge on any atom is 0.236 e. The molecule has 0 atom stereocenters. The molecule has 0 heterocycles. The summed E-state index contributed by atoms with van der Waals surface area (Å²) < 4.78 is 26.1. The molecule has 0 aromatic heterocycles. The van der Waals surface area contributed by atoms with E-state index < -0.39 is 10.0 Å². The van der Waals surface area contributed by atoms with Gasteiger partial charge in [0, 0.05) is 18.5 Å². The molecule has 0 saturated carbocycles. The molecule has 0 unspecified atom stereocenters. The molecule has 0 fully saturated rings. The van der Waals surface area contributed by atoms with Crippen LogP contribution in [0.25, 0.3) is 6.08 Å². The predicted octanol–water partition coefficient (Wildman–Crippen LogP) is 2.48. The van der Waals surface area contributed by atoms with E-state index in [0.29, 0.717) is 0 Å². The average molecular weight is 317 g/mol. The van der Waals surface area contributed by atoms with Crippen LogP contribution >= 0.6 is 0 Å². The van der Waals surface area contributed by atoms with Gasteiger partial charge in [-0.1, -0.05) is 60.7 Å². The molecule has 4 nitrogen and oxygen atoms in total. The second-order valence-electron chi connectivity index (χ2n) is 4.80. The lowest BCUT2D eigenvalue weighted by Crippen LogP contribution is -2.31. The van der Waals surface area contributed by atoms with Crippen LogP contribution in [0.5, 0.6) is 0 Å². The van der Waals surface area contributed by atoms with Gasteiger partial charge in [-0.15, -0.1) is 0 Å². The van der Waals surface area contributed by atoms with Gasteiger partial charge in [0.2, 0.25) is 10.0 Å². The van der Waals surface area contributed by atoms with E-state index in [0.717, 1.165) is 11.1 Å². The summed E-state index contributed by atoms with van der Waals surface area (Å²) in [6, 6.07) is 18.6. The molecule has 0 saturated heterocycles. The standard InChI is InChI=1S/C17H19NO3S/c19-13-12-18(15-17-9-5-2-6-10-17)22(20,21)14-11-16-7-3-1-4-8-16/h1-11,14,19H,12-13,15H2/b14-11+. The predicted molar refractivity (Wildman–Crippen MR) is 88.3 cm³/mol. The van der Waals surface area contributed by atoms with Crippen molar-refractivity contribution >= 4 is 16.1 Å². The number of aliphatic hydroxyl groups is 1. The van der Waals surface area contributed by atoms with E-state index in [-0.39, 0.29) is 19.7 Å². The van der Waals surface area contributed by atoms with Gasteiger partial charge >= 0.3 is 0 Å². The fourth-order valence-electron chi connectivity index (χ4n) is 2.01.